The number of amidine groups is 1. The molecule has 1 saturated heterocycles. The normalized spacial score (nSPS) is 20.5. The van der Waals surface area contributed by atoms with Gasteiger partial charge in [0.05, 0.1) is 27.5 Å². The van der Waals surface area contributed by atoms with Crippen molar-refractivity contribution in [1.29, 1.82) is 0 Å². The molecule has 0 radical (unpaired) electrons. The van der Waals surface area contributed by atoms with E-state index >= 15 is 4.39 Å². The molecule has 1 amide bonds. The summed E-state index contributed by atoms with van der Waals surface area (Å²) in [5, 5.41) is 10.6. The third kappa shape index (κ3) is 5.22. The van der Waals surface area contributed by atoms with E-state index in [0.29, 0.717) is 30.8 Å². The van der Waals surface area contributed by atoms with Gasteiger partial charge in [-0.1, -0.05) is 55.8 Å². The summed E-state index contributed by atoms with van der Waals surface area (Å²) in [6.07, 6.45) is 2.73. The number of rotatable bonds is 5. The number of hydrogen-bond donors (Lipinski definition) is 3. The molecule has 3 aromatic rings. The fraction of sp³-hybridized carbons (Fsp3) is 0.300. The Balaban J connectivity index is 1.74. The van der Waals surface area contributed by atoms with E-state index < -0.39 is 16.8 Å². The third-order valence-electron chi connectivity index (χ3n) is 7.52. The molecule has 12 heteroatoms. The van der Waals surface area contributed by atoms with Gasteiger partial charge in [-0.3, -0.25) is 13.9 Å². The number of aromatic hydroxyl groups is 1. The van der Waals surface area contributed by atoms with Crippen LogP contribution in [0.1, 0.15) is 38.3 Å². The molecule has 2 aromatic carbocycles. The van der Waals surface area contributed by atoms with Gasteiger partial charge in [0, 0.05) is 25.2 Å². The second-order valence-electron chi connectivity index (χ2n) is 10.4. The summed E-state index contributed by atoms with van der Waals surface area (Å²) < 4.78 is 44.2. The van der Waals surface area contributed by atoms with Crippen LogP contribution >= 0.6 is 22.6 Å². The van der Waals surface area contributed by atoms with E-state index in [0.717, 1.165) is 12.0 Å². The summed E-state index contributed by atoms with van der Waals surface area (Å²) in [4.78, 5) is 20.8. The van der Waals surface area contributed by atoms with Gasteiger partial charge in [-0.2, -0.15) is 0 Å². The van der Waals surface area contributed by atoms with Crippen molar-refractivity contribution >= 4 is 45.8 Å². The smallest absolute Gasteiger partial charge is 0.246 e. The van der Waals surface area contributed by atoms with Crippen LogP contribution in [0.2, 0.25) is 5.02 Å². The molecule has 2 aliphatic rings. The van der Waals surface area contributed by atoms with Gasteiger partial charge in [0.25, 0.3) is 0 Å². The summed E-state index contributed by atoms with van der Waals surface area (Å²) in [5.74, 6) is -0.928. The number of anilines is 2. The number of aromatic nitrogens is 1. The lowest BCUT2D eigenvalue weighted by molar-refractivity contribution is -0.130. The highest BCUT2D eigenvalue weighted by Gasteiger charge is 2.42. The summed E-state index contributed by atoms with van der Waals surface area (Å²) in [7, 11) is -3.92. The van der Waals surface area contributed by atoms with Crippen LogP contribution in [0.15, 0.2) is 65.6 Å². The van der Waals surface area contributed by atoms with Crippen molar-refractivity contribution in [2.75, 3.05) is 17.4 Å². The van der Waals surface area contributed by atoms with E-state index in [4.69, 9.17) is 16.6 Å². The second-order valence-corrected chi connectivity index (χ2v) is 12.4. The standard InChI is InChI=1S/C30H33ClFN5O4S/c1-5-10-20-11-7-8-13-24(20)37-29-21(15-22(31)28(33-29)27-23(32)12-9-14-25(27)38)30(34-42(37,40)41)36-17-18(3)35(16-19(36)4)26(39)6-2/h6-9,11-15,18-19,38,40-41H,2,5,10,16-17H2,1,3-4H3/t18-,19+/m1/s1. The lowest BCUT2D eigenvalue weighted by atomic mass is 10.0. The maximum absolute atomic E-state index is 15.0. The molecule has 0 unspecified atom stereocenters. The van der Waals surface area contributed by atoms with Gasteiger partial charge in [0.15, 0.2) is 11.7 Å². The van der Waals surface area contributed by atoms with E-state index in [9.17, 15) is 19.0 Å². The first-order valence-corrected chi connectivity index (χ1v) is 15.5. The number of para-hydroxylation sites is 1. The minimum absolute atomic E-state index is 0.0446. The van der Waals surface area contributed by atoms with E-state index in [1.165, 1.54) is 28.6 Å². The summed E-state index contributed by atoms with van der Waals surface area (Å²) in [5.41, 5.74) is 1.48. The third-order valence-corrected chi connectivity index (χ3v) is 9.08. The number of aryl methyl sites for hydroxylation is 1. The molecule has 42 heavy (non-hydrogen) atoms. The zero-order valence-corrected chi connectivity index (χ0v) is 25.1. The van der Waals surface area contributed by atoms with Gasteiger partial charge in [-0.15, -0.1) is 4.40 Å². The number of benzene rings is 2. The number of phenols is 1. The first-order chi connectivity index (χ1) is 20.0. The Morgan fingerprint density at radius 1 is 1.17 bits per heavy atom. The molecule has 9 nitrogen and oxygen atoms in total. The quantitative estimate of drug-likeness (QED) is 0.272. The zero-order chi connectivity index (χ0) is 30.3. The zero-order valence-electron chi connectivity index (χ0n) is 23.5. The SMILES string of the molecule is C=CC(=O)N1C[C@H](C)N(C2=NS(O)(O)N(c3ccccc3CCC)c3nc(-c4c(O)cccc4F)c(Cl)cc32)C[C@H]1C. The number of hydrogen-bond acceptors (Lipinski definition) is 8. The number of fused-ring (bicyclic) bond motifs is 1. The Morgan fingerprint density at radius 3 is 2.60 bits per heavy atom. The average Bonchev–Trinajstić information content (AvgIpc) is 2.94. The Kier molecular flexibility index (Phi) is 8.21. The van der Waals surface area contributed by atoms with Crippen molar-refractivity contribution in [2.24, 2.45) is 4.40 Å². The number of nitrogens with zero attached hydrogens (tertiary/aromatic N) is 5. The number of piperazine rings is 1. The average molecular weight is 614 g/mol. The predicted octanol–water partition coefficient (Wildman–Crippen LogP) is 6.79. The number of carbonyl (C=O) groups is 1. The van der Waals surface area contributed by atoms with Crippen molar-refractivity contribution in [1.82, 2.24) is 14.8 Å². The Morgan fingerprint density at radius 2 is 1.90 bits per heavy atom. The Labute approximate surface area is 251 Å². The number of carbonyl (C=O) groups excluding carboxylic acids is 1. The predicted molar refractivity (Wildman–Crippen MR) is 166 cm³/mol. The lowest BCUT2D eigenvalue weighted by Gasteiger charge is -2.49. The molecule has 5 rings (SSSR count). The van der Waals surface area contributed by atoms with E-state index in [2.05, 4.69) is 11.0 Å². The van der Waals surface area contributed by atoms with Gasteiger partial charge in [0.1, 0.15) is 11.6 Å². The number of amides is 1. The van der Waals surface area contributed by atoms with Crippen molar-refractivity contribution in [3.8, 4) is 17.0 Å². The first kappa shape index (κ1) is 29.8. The number of pyridine rings is 1. The van der Waals surface area contributed by atoms with E-state index in [-0.39, 0.29) is 51.7 Å². The summed E-state index contributed by atoms with van der Waals surface area (Å²) >= 11 is 6.72. The van der Waals surface area contributed by atoms with Crippen molar-refractivity contribution in [3.05, 3.63) is 83.2 Å². The summed E-state index contributed by atoms with van der Waals surface area (Å²) in [6, 6.07) is 12.2. The highest BCUT2D eigenvalue weighted by Crippen LogP contribution is 2.58. The van der Waals surface area contributed by atoms with Crippen LogP contribution in [0.5, 0.6) is 5.75 Å². The van der Waals surface area contributed by atoms with Crippen LogP contribution in [-0.2, 0) is 11.2 Å². The van der Waals surface area contributed by atoms with E-state index in [1.807, 2.05) is 37.8 Å². The fourth-order valence-electron chi connectivity index (χ4n) is 5.53. The van der Waals surface area contributed by atoms with Gasteiger partial charge < -0.3 is 14.9 Å². The molecule has 222 valence electrons. The molecular weight excluding hydrogens is 581 g/mol. The molecule has 0 spiro atoms. The largest absolute Gasteiger partial charge is 0.507 e. The maximum atomic E-state index is 15.0. The summed E-state index contributed by atoms with van der Waals surface area (Å²) in [6.45, 7) is 10.1. The molecular formula is C30H33ClFN5O4S. The first-order valence-electron chi connectivity index (χ1n) is 13.6. The van der Waals surface area contributed by atoms with Crippen molar-refractivity contribution in [3.63, 3.8) is 0 Å². The van der Waals surface area contributed by atoms with E-state index in [1.54, 1.807) is 23.1 Å². The number of halogens is 2. The van der Waals surface area contributed by atoms with Crippen LogP contribution < -0.4 is 4.31 Å². The lowest BCUT2D eigenvalue weighted by Crippen LogP contribution is -2.59. The molecule has 1 fully saturated rings. The monoisotopic (exact) mass is 613 g/mol. The van der Waals surface area contributed by atoms with Crippen molar-refractivity contribution < 1.29 is 23.4 Å². The fourth-order valence-corrected chi connectivity index (χ4v) is 7.11. The van der Waals surface area contributed by atoms with Crippen LogP contribution in [0.3, 0.4) is 0 Å². The minimum Gasteiger partial charge on any atom is -0.507 e. The second kappa shape index (κ2) is 11.6. The molecule has 3 heterocycles. The van der Waals surface area contributed by atoms with Crippen LogP contribution in [0.25, 0.3) is 11.3 Å². The van der Waals surface area contributed by atoms with Gasteiger partial charge >= 0.3 is 0 Å². The molecule has 0 aliphatic carbocycles. The molecule has 2 aliphatic heterocycles. The number of phenolic OH excluding ortho intramolecular Hbond substituents is 1. The van der Waals surface area contributed by atoms with Gasteiger partial charge in [-0.05, 0) is 67.1 Å². The van der Waals surface area contributed by atoms with Gasteiger partial charge in [0.2, 0.25) is 5.91 Å². The van der Waals surface area contributed by atoms with Crippen LogP contribution in [0, 0.1) is 5.82 Å². The minimum atomic E-state index is -3.92. The van der Waals surface area contributed by atoms with Crippen LogP contribution in [-0.4, -0.2) is 65.9 Å². The maximum Gasteiger partial charge on any atom is 0.246 e. The van der Waals surface area contributed by atoms with Crippen LogP contribution in [0.4, 0.5) is 15.9 Å². The molecule has 2 atom stereocenters. The van der Waals surface area contributed by atoms with Crippen molar-refractivity contribution in [2.45, 2.75) is 45.7 Å². The Bertz CT molecular complexity index is 1560. The highest BCUT2D eigenvalue weighted by atomic mass is 35.5. The Hall–Kier alpha value is -3.64. The molecule has 0 bridgehead atoms. The highest BCUT2D eigenvalue weighted by molar-refractivity contribution is 8.24. The molecule has 1 aromatic heterocycles. The topological polar surface area (TPSA) is 113 Å². The van der Waals surface area contributed by atoms with Gasteiger partial charge in [-0.25, -0.2) is 13.7 Å². The molecule has 0 saturated carbocycles. The molecule has 3 N–H and O–H groups in total.